The number of esters is 2. The fourth-order valence-corrected chi connectivity index (χ4v) is 2.29. The van der Waals surface area contributed by atoms with E-state index < -0.39 is 0 Å². The molecule has 0 amide bonds. The highest BCUT2D eigenvalue weighted by atomic mass is 16.6. The van der Waals surface area contributed by atoms with Gasteiger partial charge in [0.15, 0.2) is 0 Å². The number of ether oxygens (including phenoxy) is 2. The molecule has 0 aliphatic heterocycles. The minimum atomic E-state index is -0.305. The van der Waals surface area contributed by atoms with Crippen molar-refractivity contribution in [2.24, 2.45) is 11.8 Å². The Labute approximate surface area is 135 Å². The molecule has 0 bridgehead atoms. The maximum Gasteiger partial charge on any atom is 0.306 e. The molecule has 2 atom stereocenters. The molecule has 22 heavy (non-hydrogen) atoms. The SMILES string of the molecule is CCCC(OC(=O)CCC(=O)OC(CCC)C(C)C)C(C)C. The van der Waals surface area contributed by atoms with Gasteiger partial charge in [-0.15, -0.1) is 0 Å². The third kappa shape index (κ3) is 9.06. The predicted octanol–water partition coefficient (Wildman–Crippen LogP) is 4.50. The number of rotatable bonds is 11. The lowest BCUT2D eigenvalue weighted by Crippen LogP contribution is -2.26. The normalized spacial score (nSPS) is 14.0. The summed E-state index contributed by atoms with van der Waals surface area (Å²) in [5.41, 5.74) is 0. The number of carbonyl (C=O) groups excluding carboxylic acids is 2. The smallest absolute Gasteiger partial charge is 0.306 e. The van der Waals surface area contributed by atoms with E-state index in [0.29, 0.717) is 11.8 Å². The molecule has 0 fully saturated rings. The highest BCUT2D eigenvalue weighted by molar-refractivity contribution is 5.77. The Morgan fingerprint density at radius 2 is 1.05 bits per heavy atom. The molecule has 4 heteroatoms. The molecule has 0 aliphatic rings. The van der Waals surface area contributed by atoms with Crippen molar-refractivity contribution >= 4 is 11.9 Å². The van der Waals surface area contributed by atoms with Crippen LogP contribution in [0.2, 0.25) is 0 Å². The molecule has 0 radical (unpaired) electrons. The topological polar surface area (TPSA) is 52.6 Å². The van der Waals surface area contributed by atoms with Gasteiger partial charge in [-0.3, -0.25) is 9.59 Å². The van der Waals surface area contributed by atoms with Crippen LogP contribution in [0.25, 0.3) is 0 Å². The summed E-state index contributed by atoms with van der Waals surface area (Å²) in [7, 11) is 0. The molecule has 0 heterocycles. The van der Waals surface area contributed by atoms with Gasteiger partial charge in [0, 0.05) is 0 Å². The first-order chi connectivity index (χ1) is 10.3. The maximum atomic E-state index is 11.9. The van der Waals surface area contributed by atoms with E-state index in [2.05, 4.69) is 13.8 Å². The predicted molar refractivity (Wildman–Crippen MR) is 88.5 cm³/mol. The molecular weight excluding hydrogens is 280 g/mol. The average molecular weight is 314 g/mol. The molecule has 0 aromatic carbocycles. The van der Waals surface area contributed by atoms with Gasteiger partial charge in [-0.2, -0.15) is 0 Å². The minimum absolute atomic E-state index is 0.0583. The van der Waals surface area contributed by atoms with E-state index in [-0.39, 0.29) is 37.0 Å². The Hall–Kier alpha value is -1.06. The summed E-state index contributed by atoms with van der Waals surface area (Å²) in [5, 5.41) is 0. The zero-order valence-electron chi connectivity index (χ0n) is 15.2. The zero-order valence-corrected chi connectivity index (χ0v) is 15.2. The molecule has 2 unspecified atom stereocenters. The maximum absolute atomic E-state index is 11.9. The molecule has 0 rings (SSSR count). The Kier molecular flexibility index (Phi) is 10.9. The van der Waals surface area contributed by atoms with Gasteiger partial charge >= 0.3 is 11.9 Å². The van der Waals surface area contributed by atoms with E-state index in [1.807, 2.05) is 27.7 Å². The van der Waals surface area contributed by atoms with Gasteiger partial charge in [0.25, 0.3) is 0 Å². The van der Waals surface area contributed by atoms with Crippen LogP contribution in [0.3, 0.4) is 0 Å². The summed E-state index contributed by atoms with van der Waals surface area (Å²) in [6.07, 6.45) is 3.76. The molecule has 4 nitrogen and oxygen atoms in total. The minimum Gasteiger partial charge on any atom is -0.462 e. The Morgan fingerprint density at radius 1 is 0.727 bits per heavy atom. The molecule has 0 saturated heterocycles. The van der Waals surface area contributed by atoms with Gasteiger partial charge in [0.1, 0.15) is 12.2 Å². The largest absolute Gasteiger partial charge is 0.462 e. The van der Waals surface area contributed by atoms with Crippen LogP contribution in [-0.2, 0) is 19.1 Å². The average Bonchev–Trinajstić information content (AvgIpc) is 2.44. The fourth-order valence-electron chi connectivity index (χ4n) is 2.29. The highest BCUT2D eigenvalue weighted by Crippen LogP contribution is 2.16. The molecule has 0 saturated carbocycles. The number of hydrogen-bond acceptors (Lipinski definition) is 4. The number of carbonyl (C=O) groups is 2. The lowest BCUT2D eigenvalue weighted by Gasteiger charge is -2.22. The van der Waals surface area contributed by atoms with Crippen LogP contribution in [0.15, 0.2) is 0 Å². The van der Waals surface area contributed by atoms with E-state index in [9.17, 15) is 9.59 Å². The van der Waals surface area contributed by atoms with Crippen molar-refractivity contribution < 1.29 is 19.1 Å². The van der Waals surface area contributed by atoms with Crippen molar-refractivity contribution in [1.82, 2.24) is 0 Å². The first-order valence-corrected chi connectivity index (χ1v) is 8.70. The third-order valence-electron chi connectivity index (χ3n) is 3.73. The summed E-state index contributed by atoms with van der Waals surface area (Å²) in [5.74, 6) is -0.0159. The lowest BCUT2D eigenvalue weighted by atomic mass is 10.0. The van der Waals surface area contributed by atoms with Crippen LogP contribution in [0.5, 0.6) is 0 Å². The van der Waals surface area contributed by atoms with Crippen molar-refractivity contribution in [3.63, 3.8) is 0 Å². The Bertz CT molecular complexity index is 291. The quantitative estimate of drug-likeness (QED) is 0.527. The van der Waals surface area contributed by atoms with Crippen LogP contribution in [-0.4, -0.2) is 24.1 Å². The van der Waals surface area contributed by atoms with Gasteiger partial charge in [-0.05, 0) is 24.7 Å². The van der Waals surface area contributed by atoms with Crippen LogP contribution >= 0.6 is 0 Å². The van der Waals surface area contributed by atoms with Gasteiger partial charge in [-0.1, -0.05) is 54.4 Å². The van der Waals surface area contributed by atoms with Gasteiger partial charge < -0.3 is 9.47 Å². The fraction of sp³-hybridized carbons (Fsp3) is 0.889. The van der Waals surface area contributed by atoms with Gasteiger partial charge in [-0.25, -0.2) is 0 Å². The highest BCUT2D eigenvalue weighted by Gasteiger charge is 2.20. The lowest BCUT2D eigenvalue weighted by molar-refractivity contribution is -0.158. The molecule has 0 spiro atoms. The zero-order chi connectivity index (χ0) is 17.1. The van der Waals surface area contributed by atoms with Crippen LogP contribution in [0.4, 0.5) is 0 Å². The molecule has 0 N–H and O–H groups in total. The van der Waals surface area contributed by atoms with Gasteiger partial charge in [0.2, 0.25) is 0 Å². The molecule has 130 valence electrons. The van der Waals surface area contributed by atoms with Crippen molar-refractivity contribution in [3.8, 4) is 0 Å². The first kappa shape index (κ1) is 20.9. The summed E-state index contributed by atoms with van der Waals surface area (Å²) in [4.78, 5) is 23.7. The second-order valence-electron chi connectivity index (χ2n) is 6.62. The first-order valence-electron chi connectivity index (χ1n) is 8.70. The summed E-state index contributed by atoms with van der Waals surface area (Å²) in [6, 6.07) is 0. The van der Waals surface area contributed by atoms with E-state index in [1.165, 1.54) is 0 Å². The van der Waals surface area contributed by atoms with E-state index in [0.717, 1.165) is 25.7 Å². The molecular formula is C18H34O4. The monoisotopic (exact) mass is 314 g/mol. The van der Waals surface area contributed by atoms with Crippen molar-refractivity contribution in [1.29, 1.82) is 0 Å². The van der Waals surface area contributed by atoms with Crippen LogP contribution in [0, 0.1) is 11.8 Å². The Balaban J connectivity index is 4.19. The van der Waals surface area contributed by atoms with Crippen molar-refractivity contribution in [2.75, 3.05) is 0 Å². The van der Waals surface area contributed by atoms with E-state index in [1.54, 1.807) is 0 Å². The van der Waals surface area contributed by atoms with Crippen LogP contribution in [0.1, 0.15) is 80.1 Å². The van der Waals surface area contributed by atoms with Crippen molar-refractivity contribution in [2.45, 2.75) is 92.3 Å². The molecule has 0 aromatic rings. The second-order valence-corrected chi connectivity index (χ2v) is 6.62. The van der Waals surface area contributed by atoms with E-state index in [4.69, 9.17) is 9.47 Å². The van der Waals surface area contributed by atoms with Crippen molar-refractivity contribution in [3.05, 3.63) is 0 Å². The molecule has 0 aliphatic carbocycles. The van der Waals surface area contributed by atoms with Gasteiger partial charge in [0.05, 0.1) is 12.8 Å². The second kappa shape index (κ2) is 11.5. The summed E-state index contributed by atoms with van der Waals surface area (Å²) >= 11 is 0. The standard InChI is InChI=1S/C18H34O4/c1-7-9-15(13(3)4)21-17(19)11-12-18(20)22-16(10-8-2)14(5)6/h13-16H,7-12H2,1-6H3. The summed E-state index contributed by atoms with van der Waals surface area (Å²) in [6.45, 7) is 12.3. The van der Waals surface area contributed by atoms with Crippen LogP contribution < -0.4 is 0 Å². The third-order valence-corrected chi connectivity index (χ3v) is 3.73. The van der Waals surface area contributed by atoms with E-state index >= 15 is 0 Å². The Morgan fingerprint density at radius 3 is 1.27 bits per heavy atom. The molecule has 0 aromatic heterocycles. The number of hydrogen-bond donors (Lipinski definition) is 0. The summed E-state index contributed by atoms with van der Waals surface area (Å²) < 4.78 is 10.9.